The zero-order valence-corrected chi connectivity index (χ0v) is 10.0. The van der Waals surface area contributed by atoms with Crippen LogP contribution in [-0.2, 0) is 9.47 Å². The van der Waals surface area contributed by atoms with Crippen LogP contribution in [0.1, 0.15) is 18.0 Å². The van der Waals surface area contributed by atoms with Gasteiger partial charge in [-0.3, -0.25) is 0 Å². The quantitative estimate of drug-likeness (QED) is 0.922. The topological polar surface area (TPSA) is 44.5 Å². The summed E-state index contributed by atoms with van der Waals surface area (Å²) in [6.07, 6.45) is 0.590. The molecule has 0 amide bonds. The second-order valence-corrected chi connectivity index (χ2v) is 4.79. The van der Waals surface area contributed by atoms with E-state index < -0.39 is 0 Å². The lowest BCUT2D eigenvalue weighted by molar-refractivity contribution is -0.0507. The average molecular weight is 278 g/mol. The van der Waals surface area contributed by atoms with Crippen LogP contribution in [0.4, 0.5) is 0 Å². The van der Waals surface area contributed by atoms with Crippen molar-refractivity contribution < 1.29 is 9.47 Å². The predicted molar refractivity (Wildman–Crippen MR) is 59.3 cm³/mol. The molecule has 2 N–H and O–H groups in total. The van der Waals surface area contributed by atoms with Crippen LogP contribution in [-0.4, -0.2) is 19.5 Å². The smallest absolute Gasteiger partial charge is 0.159 e. The SMILES string of the molecule is NC(CC1OCCO1)c1cscc1Br. The normalized spacial score (nSPS) is 20.1. The van der Waals surface area contributed by atoms with E-state index in [0.29, 0.717) is 13.2 Å². The summed E-state index contributed by atoms with van der Waals surface area (Å²) < 4.78 is 11.8. The Morgan fingerprint density at radius 3 is 2.79 bits per heavy atom. The van der Waals surface area contributed by atoms with E-state index in [4.69, 9.17) is 15.2 Å². The molecule has 0 aromatic carbocycles. The minimum absolute atomic E-state index is 0.0151. The van der Waals surface area contributed by atoms with E-state index in [1.165, 1.54) is 0 Å². The van der Waals surface area contributed by atoms with Crippen LogP contribution in [0.3, 0.4) is 0 Å². The fourth-order valence-electron chi connectivity index (χ4n) is 1.43. The number of rotatable bonds is 3. The number of halogens is 1. The van der Waals surface area contributed by atoms with Crippen molar-refractivity contribution >= 4 is 27.3 Å². The summed E-state index contributed by atoms with van der Waals surface area (Å²) in [5.74, 6) is 0. The first-order valence-electron chi connectivity index (χ1n) is 4.47. The zero-order chi connectivity index (χ0) is 9.97. The highest BCUT2D eigenvalue weighted by atomic mass is 79.9. The first-order valence-corrected chi connectivity index (χ1v) is 6.21. The molecule has 0 bridgehead atoms. The molecule has 0 spiro atoms. The summed E-state index contributed by atoms with van der Waals surface area (Å²) in [5.41, 5.74) is 7.17. The van der Waals surface area contributed by atoms with Crippen LogP contribution in [0.2, 0.25) is 0 Å². The maximum absolute atomic E-state index is 6.04. The van der Waals surface area contributed by atoms with Gasteiger partial charge >= 0.3 is 0 Å². The van der Waals surface area contributed by atoms with E-state index in [1.54, 1.807) is 11.3 Å². The molecule has 1 aromatic rings. The Kier molecular flexibility index (Phi) is 3.57. The summed E-state index contributed by atoms with van der Waals surface area (Å²) in [5, 5.41) is 4.09. The van der Waals surface area contributed by atoms with Crippen LogP contribution in [0, 0.1) is 0 Å². The monoisotopic (exact) mass is 277 g/mol. The maximum Gasteiger partial charge on any atom is 0.159 e. The third-order valence-electron chi connectivity index (χ3n) is 2.18. The lowest BCUT2D eigenvalue weighted by Gasteiger charge is -2.15. The summed E-state index contributed by atoms with van der Waals surface area (Å²) >= 11 is 5.11. The molecule has 2 heterocycles. The molecular weight excluding hydrogens is 266 g/mol. The highest BCUT2D eigenvalue weighted by Crippen LogP contribution is 2.29. The van der Waals surface area contributed by atoms with Gasteiger partial charge in [0.05, 0.1) is 13.2 Å². The van der Waals surface area contributed by atoms with Gasteiger partial charge in [-0.1, -0.05) is 0 Å². The minimum atomic E-state index is -0.128. The lowest BCUT2D eigenvalue weighted by Crippen LogP contribution is -2.19. The minimum Gasteiger partial charge on any atom is -0.350 e. The Morgan fingerprint density at radius 1 is 1.50 bits per heavy atom. The summed E-state index contributed by atoms with van der Waals surface area (Å²) in [6, 6.07) is -0.0151. The molecule has 5 heteroatoms. The number of hydrogen-bond donors (Lipinski definition) is 1. The van der Waals surface area contributed by atoms with Gasteiger partial charge in [0.1, 0.15) is 0 Å². The molecule has 1 aromatic heterocycles. The van der Waals surface area contributed by atoms with Gasteiger partial charge in [-0.05, 0) is 26.9 Å². The van der Waals surface area contributed by atoms with Gasteiger partial charge in [-0.25, -0.2) is 0 Å². The average Bonchev–Trinajstić information content (AvgIpc) is 2.75. The van der Waals surface area contributed by atoms with Crippen molar-refractivity contribution in [2.45, 2.75) is 18.8 Å². The largest absolute Gasteiger partial charge is 0.350 e. The van der Waals surface area contributed by atoms with Crippen molar-refractivity contribution in [3.8, 4) is 0 Å². The summed E-state index contributed by atoms with van der Waals surface area (Å²) in [4.78, 5) is 0. The number of nitrogens with two attached hydrogens (primary N) is 1. The van der Waals surface area contributed by atoms with Crippen LogP contribution in [0.5, 0.6) is 0 Å². The fourth-order valence-corrected chi connectivity index (χ4v) is 3.09. The Labute approximate surface area is 95.3 Å². The lowest BCUT2D eigenvalue weighted by atomic mass is 10.1. The molecule has 1 aliphatic rings. The molecule has 0 radical (unpaired) electrons. The van der Waals surface area contributed by atoms with E-state index in [1.807, 2.05) is 5.38 Å². The van der Waals surface area contributed by atoms with E-state index >= 15 is 0 Å². The van der Waals surface area contributed by atoms with Gasteiger partial charge in [0.15, 0.2) is 6.29 Å². The van der Waals surface area contributed by atoms with E-state index in [9.17, 15) is 0 Å². The highest BCUT2D eigenvalue weighted by molar-refractivity contribution is 9.10. The molecule has 1 fully saturated rings. The standard InChI is InChI=1S/C9H12BrNO2S/c10-7-5-14-4-6(7)8(11)3-9-12-1-2-13-9/h4-5,8-9H,1-3,11H2. The third-order valence-corrected chi connectivity index (χ3v) is 3.93. The van der Waals surface area contributed by atoms with Gasteiger partial charge in [-0.2, -0.15) is 11.3 Å². The number of thiophene rings is 1. The van der Waals surface area contributed by atoms with Gasteiger partial charge in [0, 0.05) is 22.3 Å². The van der Waals surface area contributed by atoms with Crippen LogP contribution < -0.4 is 5.73 Å². The van der Waals surface area contributed by atoms with Gasteiger partial charge < -0.3 is 15.2 Å². The van der Waals surface area contributed by atoms with Gasteiger partial charge in [0.2, 0.25) is 0 Å². The number of ether oxygens (including phenoxy) is 2. The van der Waals surface area contributed by atoms with Crippen molar-refractivity contribution in [2.75, 3.05) is 13.2 Å². The van der Waals surface area contributed by atoms with Crippen molar-refractivity contribution in [2.24, 2.45) is 5.73 Å². The molecule has 1 saturated heterocycles. The van der Waals surface area contributed by atoms with Gasteiger partial charge in [-0.15, -0.1) is 0 Å². The van der Waals surface area contributed by atoms with Crippen molar-refractivity contribution in [1.82, 2.24) is 0 Å². The maximum atomic E-state index is 6.04. The molecule has 1 aliphatic heterocycles. The third kappa shape index (κ3) is 2.35. The molecule has 78 valence electrons. The van der Waals surface area contributed by atoms with Crippen LogP contribution in [0.15, 0.2) is 15.2 Å². The van der Waals surface area contributed by atoms with Gasteiger partial charge in [0.25, 0.3) is 0 Å². The second-order valence-electron chi connectivity index (χ2n) is 3.19. The Hall–Kier alpha value is 0.0600. The summed E-state index contributed by atoms with van der Waals surface area (Å²) in [7, 11) is 0. The molecule has 3 nitrogen and oxygen atoms in total. The Bertz CT molecular complexity index is 299. The first kappa shape index (κ1) is 10.6. The molecule has 0 saturated carbocycles. The molecular formula is C9H12BrNO2S. The molecule has 0 aliphatic carbocycles. The second kappa shape index (κ2) is 4.72. The zero-order valence-electron chi connectivity index (χ0n) is 7.61. The van der Waals surface area contributed by atoms with E-state index in [0.717, 1.165) is 16.5 Å². The Balaban J connectivity index is 1.95. The van der Waals surface area contributed by atoms with Crippen LogP contribution in [0.25, 0.3) is 0 Å². The molecule has 1 atom stereocenters. The summed E-state index contributed by atoms with van der Waals surface area (Å²) in [6.45, 7) is 1.37. The first-order chi connectivity index (χ1) is 6.77. The molecule has 1 unspecified atom stereocenters. The van der Waals surface area contributed by atoms with E-state index in [-0.39, 0.29) is 12.3 Å². The molecule has 14 heavy (non-hydrogen) atoms. The van der Waals surface area contributed by atoms with E-state index in [2.05, 4.69) is 21.3 Å². The number of hydrogen-bond acceptors (Lipinski definition) is 4. The van der Waals surface area contributed by atoms with Crippen molar-refractivity contribution in [3.63, 3.8) is 0 Å². The molecule has 2 rings (SSSR count). The van der Waals surface area contributed by atoms with Crippen molar-refractivity contribution in [3.05, 3.63) is 20.8 Å². The van der Waals surface area contributed by atoms with Crippen LogP contribution >= 0.6 is 27.3 Å². The predicted octanol–water partition coefficient (Wildman–Crippen LogP) is 2.27. The van der Waals surface area contributed by atoms with Crippen molar-refractivity contribution in [1.29, 1.82) is 0 Å². The fraction of sp³-hybridized carbons (Fsp3) is 0.556. The highest BCUT2D eigenvalue weighted by Gasteiger charge is 2.21. The Morgan fingerprint density at radius 2 is 2.21 bits per heavy atom.